The highest BCUT2D eigenvalue weighted by Gasteiger charge is 2.15. The van der Waals surface area contributed by atoms with E-state index in [9.17, 15) is 4.79 Å². The summed E-state index contributed by atoms with van der Waals surface area (Å²) >= 11 is 7.24. The summed E-state index contributed by atoms with van der Waals surface area (Å²) < 4.78 is 15.8. The van der Waals surface area contributed by atoms with Gasteiger partial charge in [-0.3, -0.25) is 4.79 Å². The van der Waals surface area contributed by atoms with Crippen molar-refractivity contribution in [2.45, 2.75) is 13.1 Å². The summed E-state index contributed by atoms with van der Waals surface area (Å²) in [6, 6.07) is 9.54. The molecule has 0 unspecified atom stereocenters. The van der Waals surface area contributed by atoms with E-state index >= 15 is 0 Å². The van der Waals surface area contributed by atoms with E-state index in [0.717, 1.165) is 10.3 Å². The molecule has 0 saturated heterocycles. The smallest absolute Gasteiger partial charge is 0.253 e. The van der Waals surface area contributed by atoms with E-state index in [4.69, 9.17) is 26.4 Å². The Balaban J connectivity index is 1.90. The Kier molecular flexibility index (Phi) is 7.67. The van der Waals surface area contributed by atoms with Crippen molar-refractivity contribution >= 4 is 39.6 Å². The molecule has 0 bridgehead atoms. The Labute approximate surface area is 184 Å². The molecule has 0 atom stereocenters. The Morgan fingerprint density at radius 1 is 1.17 bits per heavy atom. The van der Waals surface area contributed by atoms with Gasteiger partial charge in [0.1, 0.15) is 0 Å². The van der Waals surface area contributed by atoms with Crippen LogP contribution < -0.4 is 20.3 Å². The standard InChI is InChI=1S/C21H25N3O4S2/c1-26-7-6-22-21(29)24(13-16-5-4-8-30-16)12-15-9-14-10-18(27-2)19(28-3)11-17(14)23-20(15)25/h4-5,8-11H,6-7,12-13H2,1-3H3,(H,22,29)(H,23,25). The molecular formula is C21H25N3O4S2. The van der Waals surface area contributed by atoms with Gasteiger partial charge < -0.3 is 29.4 Å². The number of thiophene rings is 1. The van der Waals surface area contributed by atoms with Crippen molar-refractivity contribution < 1.29 is 14.2 Å². The van der Waals surface area contributed by atoms with Crippen LogP contribution in [-0.2, 0) is 17.8 Å². The average molecular weight is 448 g/mol. The summed E-state index contributed by atoms with van der Waals surface area (Å²) in [7, 11) is 4.80. The van der Waals surface area contributed by atoms with Gasteiger partial charge in [-0.1, -0.05) is 6.07 Å². The summed E-state index contributed by atoms with van der Waals surface area (Å²) in [6.45, 7) is 2.13. The number of H-pyrrole nitrogens is 1. The maximum absolute atomic E-state index is 12.8. The lowest BCUT2D eigenvalue weighted by atomic mass is 10.1. The van der Waals surface area contributed by atoms with Crippen LogP contribution in [0.5, 0.6) is 11.5 Å². The summed E-state index contributed by atoms with van der Waals surface area (Å²) in [6.07, 6.45) is 0. The molecule has 30 heavy (non-hydrogen) atoms. The molecule has 7 nitrogen and oxygen atoms in total. The van der Waals surface area contributed by atoms with Crippen molar-refractivity contribution in [2.24, 2.45) is 0 Å². The first-order chi connectivity index (χ1) is 14.5. The van der Waals surface area contributed by atoms with E-state index in [2.05, 4.69) is 16.4 Å². The molecule has 0 fully saturated rings. The molecule has 9 heteroatoms. The monoisotopic (exact) mass is 447 g/mol. The first-order valence-electron chi connectivity index (χ1n) is 9.37. The predicted octanol–water partition coefficient (Wildman–Crippen LogP) is 3.13. The van der Waals surface area contributed by atoms with E-state index in [1.165, 1.54) is 0 Å². The van der Waals surface area contributed by atoms with Gasteiger partial charge in [0.2, 0.25) is 0 Å². The number of thiocarbonyl (C=S) groups is 1. The molecule has 3 rings (SSSR count). The van der Waals surface area contributed by atoms with Crippen molar-refractivity contribution in [1.29, 1.82) is 0 Å². The molecule has 0 aliphatic rings. The summed E-state index contributed by atoms with van der Waals surface area (Å²) in [4.78, 5) is 18.9. The SMILES string of the molecule is COCCNC(=S)N(Cc1cccs1)Cc1cc2cc(OC)c(OC)cc2[nH]c1=O. The molecule has 2 aromatic heterocycles. The molecule has 2 heterocycles. The van der Waals surface area contributed by atoms with Crippen LogP contribution in [0.15, 0.2) is 40.5 Å². The minimum Gasteiger partial charge on any atom is -0.493 e. The average Bonchev–Trinajstić information content (AvgIpc) is 3.26. The zero-order chi connectivity index (χ0) is 21.5. The van der Waals surface area contributed by atoms with Crippen LogP contribution >= 0.6 is 23.6 Å². The fourth-order valence-corrected chi connectivity index (χ4v) is 4.01. The quantitative estimate of drug-likeness (QED) is 0.386. The predicted molar refractivity (Wildman–Crippen MR) is 124 cm³/mol. The van der Waals surface area contributed by atoms with Crippen molar-refractivity contribution in [1.82, 2.24) is 15.2 Å². The fourth-order valence-electron chi connectivity index (χ4n) is 3.06. The highest BCUT2D eigenvalue weighted by molar-refractivity contribution is 7.80. The molecule has 0 spiro atoms. The van der Waals surface area contributed by atoms with E-state index in [-0.39, 0.29) is 5.56 Å². The van der Waals surface area contributed by atoms with Crippen LogP contribution in [-0.4, -0.2) is 49.5 Å². The number of pyridine rings is 1. The Bertz CT molecular complexity index is 1050. The van der Waals surface area contributed by atoms with Gasteiger partial charge in [0.05, 0.1) is 39.4 Å². The van der Waals surface area contributed by atoms with Gasteiger partial charge in [-0.2, -0.15) is 0 Å². The first kappa shape index (κ1) is 22.1. The molecule has 0 saturated carbocycles. The number of nitrogens with zero attached hydrogens (tertiary/aromatic N) is 1. The van der Waals surface area contributed by atoms with Gasteiger partial charge >= 0.3 is 0 Å². The highest BCUT2D eigenvalue weighted by atomic mass is 32.1. The zero-order valence-electron chi connectivity index (χ0n) is 17.2. The second kappa shape index (κ2) is 10.4. The number of aromatic nitrogens is 1. The molecule has 0 aliphatic heterocycles. The lowest BCUT2D eigenvalue weighted by Gasteiger charge is -2.25. The van der Waals surface area contributed by atoms with Gasteiger partial charge in [0.15, 0.2) is 16.6 Å². The van der Waals surface area contributed by atoms with Gasteiger partial charge in [-0.05, 0) is 35.8 Å². The van der Waals surface area contributed by atoms with Crippen LogP contribution in [0, 0.1) is 0 Å². The van der Waals surface area contributed by atoms with Crippen LogP contribution in [0.2, 0.25) is 0 Å². The van der Waals surface area contributed by atoms with Crippen molar-refractivity contribution in [3.8, 4) is 11.5 Å². The van der Waals surface area contributed by atoms with Crippen LogP contribution in [0.3, 0.4) is 0 Å². The Hall–Kier alpha value is -2.62. The van der Waals surface area contributed by atoms with Gasteiger partial charge in [0.25, 0.3) is 5.56 Å². The highest BCUT2D eigenvalue weighted by Crippen LogP contribution is 2.31. The number of ether oxygens (including phenoxy) is 3. The number of nitrogens with one attached hydrogen (secondary N) is 2. The number of hydrogen-bond donors (Lipinski definition) is 2. The third-order valence-corrected chi connectivity index (χ3v) is 5.85. The first-order valence-corrected chi connectivity index (χ1v) is 10.7. The fraction of sp³-hybridized carbons (Fsp3) is 0.333. The lowest BCUT2D eigenvalue weighted by molar-refractivity contribution is 0.202. The van der Waals surface area contributed by atoms with Crippen molar-refractivity contribution in [3.63, 3.8) is 0 Å². The normalized spacial score (nSPS) is 10.8. The van der Waals surface area contributed by atoms with E-state index < -0.39 is 0 Å². The second-order valence-electron chi connectivity index (χ2n) is 6.58. The molecule has 3 aromatic rings. The third kappa shape index (κ3) is 5.29. The van der Waals surface area contributed by atoms with Gasteiger partial charge in [0, 0.05) is 35.5 Å². The van der Waals surface area contributed by atoms with Crippen LogP contribution in [0.25, 0.3) is 10.9 Å². The van der Waals surface area contributed by atoms with E-state index in [0.29, 0.717) is 53.9 Å². The summed E-state index contributed by atoms with van der Waals surface area (Å²) in [5.74, 6) is 1.17. The Morgan fingerprint density at radius 2 is 1.93 bits per heavy atom. The second-order valence-corrected chi connectivity index (χ2v) is 8.00. The van der Waals surface area contributed by atoms with Crippen LogP contribution in [0.4, 0.5) is 0 Å². The third-order valence-electron chi connectivity index (χ3n) is 4.58. The number of fused-ring (bicyclic) bond motifs is 1. The maximum atomic E-state index is 12.8. The maximum Gasteiger partial charge on any atom is 0.253 e. The van der Waals surface area contributed by atoms with Crippen molar-refractivity contribution in [2.75, 3.05) is 34.5 Å². The molecule has 0 radical (unpaired) electrons. The van der Waals surface area contributed by atoms with Crippen molar-refractivity contribution in [3.05, 3.63) is 56.5 Å². The Morgan fingerprint density at radius 3 is 2.60 bits per heavy atom. The topological polar surface area (TPSA) is 75.8 Å². The number of hydrogen-bond acceptors (Lipinski definition) is 6. The molecule has 160 valence electrons. The number of benzene rings is 1. The summed E-state index contributed by atoms with van der Waals surface area (Å²) in [5.41, 5.74) is 1.14. The summed E-state index contributed by atoms with van der Waals surface area (Å²) in [5, 5.41) is 6.65. The minimum absolute atomic E-state index is 0.161. The molecular weight excluding hydrogens is 422 g/mol. The molecule has 1 aromatic carbocycles. The zero-order valence-corrected chi connectivity index (χ0v) is 18.8. The molecule has 2 N–H and O–H groups in total. The van der Waals surface area contributed by atoms with E-state index in [1.54, 1.807) is 38.7 Å². The molecule has 0 aliphatic carbocycles. The van der Waals surface area contributed by atoms with Crippen LogP contribution in [0.1, 0.15) is 10.4 Å². The number of aromatic amines is 1. The number of methoxy groups -OCH3 is 3. The number of rotatable bonds is 9. The van der Waals surface area contributed by atoms with Gasteiger partial charge in [-0.25, -0.2) is 0 Å². The lowest BCUT2D eigenvalue weighted by Crippen LogP contribution is -2.41. The molecule has 0 amide bonds. The van der Waals surface area contributed by atoms with E-state index in [1.807, 2.05) is 28.5 Å². The largest absolute Gasteiger partial charge is 0.493 e. The minimum atomic E-state index is -0.161. The van der Waals surface area contributed by atoms with Gasteiger partial charge in [-0.15, -0.1) is 11.3 Å².